The predicted molar refractivity (Wildman–Crippen MR) is 157 cm³/mol. The summed E-state index contributed by atoms with van der Waals surface area (Å²) in [6.07, 6.45) is 16.0. The van der Waals surface area contributed by atoms with Crippen molar-refractivity contribution in [3.8, 4) is 30.0 Å². The number of benzene rings is 2. The van der Waals surface area contributed by atoms with Gasteiger partial charge in [-0.25, -0.2) is 9.97 Å². The number of ether oxygens (including phenoxy) is 2. The molecule has 2 aromatic carbocycles. The molecule has 3 N–H and O–H groups in total. The second-order valence-electron chi connectivity index (χ2n) is 8.69. The molecule has 4 rings (SSSR count). The van der Waals surface area contributed by atoms with E-state index in [1.807, 2.05) is 54.7 Å². The highest BCUT2D eigenvalue weighted by atomic mass is 16.5. The number of rotatable bonds is 12. The average molecular weight is 535 g/mol. The number of aliphatic imine (C=N–C) groups is 1. The first-order valence-electron chi connectivity index (χ1n) is 12.9. The number of terminal acetylenes is 1. The minimum Gasteiger partial charge on any atom is -0.493 e. The summed E-state index contributed by atoms with van der Waals surface area (Å²) >= 11 is 0. The third-order valence-electron chi connectivity index (χ3n) is 5.89. The van der Waals surface area contributed by atoms with E-state index in [0.717, 1.165) is 53.5 Å². The van der Waals surface area contributed by atoms with Crippen LogP contribution in [0.3, 0.4) is 0 Å². The maximum Gasteiger partial charge on any atom is 0.209 e. The first-order chi connectivity index (χ1) is 19.7. The lowest BCUT2D eigenvalue weighted by atomic mass is 10.1. The van der Waals surface area contributed by atoms with Crippen LogP contribution in [0.15, 0.2) is 72.2 Å². The maximum atomic E-state index is 8.97. The highest BCUT2D eigenvalue weighted by Gasteiger charge is 2.12. The third kappa shape index (κ3) is 7.83. The largest absolute Gasteiger partial charge is 0.493 e. The summed E-state index contributed by atoms with van der Waals surface area (Å²) in [6, 6.07) is 15.0. The number of pyridine rings is 1. The zero-order chi connectivity index (χ0) is 28.0. The second-order valence-corrected chi connectivity index (χ2v) is 8.69. The van der Waals surface area contributed by atoms with Crippen LogP contribution in [0.25, 0.3) is 10.9 Å². The number of fused-ring (bicyclic) bond motifs is 1. The molecule has 0 aliphatic heterocycles. The standard InChI is InChI=1S/C30H30N8O2/c1-3-22-10-8-11-23(16-22)37-29-25-17-28(27(39-2)18-26(25)35-21-36-29)40-15-7-5-4-6-14-33-30(34-20-31)38-24-12-9-13-32-19-24/h1,8-13,16-19,21H,4-7,14-15H2,2H3,(H2,33,34,38)(H,35,36,37). The molecule has 0 atom stereocenters. The quantitative estimate of drug-likeness (QED) is 0.0558. The molecule has 0 bridgehead atoms. The zero-order valence-corrected chi connectivity index (χ0v) is 22.2. The van der Waals surface area contributed by atoms with E-state index >= 15 is 0 Å². The molecule has 0 saturated heterocycles. The van der Waals surface area contributed by atoms with E-state index in [-0.39, 0.29) is 0 Å². The van der Waals surface area contributed by atoms with Crippen LogP contribution in [0, 0.1) is 23.8 Å². The molecular weight excluding hydrogens is 504 g/mol. The van der Waals surface area contributed by atoms with Crippen LogP contribution in [-0.4, -0.2) is 41.2 Å². The van der Waals surface area contributed by atoms with Gasteiger partial charge in [0, 0.05) is 35.4 Å². The summed E-state index contributed by atoms with van der Waals surface area (Å²) in [5, 5.41) is 18.7. The van der Waals surface area contributed by atoms with Gasteiger partial charge in [-0.05, 0) is 55.7 Å². The van der Waals surface area contributed by atoms with Crippen molar-refractivity contribution in [3.05, 3.63) is 72.8 Å². The molecule has 2 aromatic heterocycles. The number of nitriles is 1. The average Bonchev–Trinajstić information content (AvgIpc) is 2.99. The van der Waals surface area contributed by atoms with E-state index in [1.165, 1.54) is 6.33 Å². The fourth-order valence-electron chi connectivity index (χ4n) is 3.94. The van der Waals surface area contributed by atoms with Crippen molar-refractivity contribution >= 4 is 34.1 Å². The van der Waals surface area contributed by atoms with Crippen molar-refractivity contribution in [2.45, 2.75) is 25.7 Å². The number of anilines is 3. The molecule has 0 aliphatic rings. The van der Waals surface area contributed by atoms with Gasteiger partial charge < -0.3 is 20.1 Å². The Hall–Kier alpha value is -5.35. The van der Waals surface area contributed by atoms with Crippen LogP contribution in [0.1, 0.15) is 31.2 Å². The zero-order valence-electron chi connectivity index (χ0n) is 22.2. The van der Waals surface area contributed by atoms with Crippen molar-refractivity contribution < 1.29 is 9.47 Å². The van der Waals surface area contributed by atoms with Gasteiger partial charge in [-0.15, -0.1) is 6.42 Å². The smallest absolute Gasteiger partial charge is 0.209 e. The van der Waals surface area contributed by atoms with Crippen molar-refractivity contribution in [3.63, 3.8) is 0 Å². The lowest BCUT2D eigenvalue weighted by Gasteiger charge is -2.14. The molecule has 40 heavy (non-hydrogen) atoms. The number of nitrogens with one attached hydrogen (secondary N) is 3. The van der Waals surface area contributed by atoms with Gasteiger partial charge >= 0.3 is 0 Å². The summed E-state index contributed by atoms with van der Waals surface area (Å²) in [6.45, 7) is 1.13. The van der Waals surface area contributed by atoms with Gasteiger partial charge in [0.2, 0.25) is 5.96 Å². The van der Waals surface area contributed by atoms with E-state index in [1.54, 1.807) is 19.5 Å². The summed E-state index contributed by atoms with van der Waals surface area (Å²) in [7, 11) is 1.61. The van der Waals surface area contributed by atoms with Crippen LogP contribution in [-0.2, 0) is 0 Å². The highest BCUT2D eigenvalue weighted by molar-refractivity contribution is 5.94. The van der Waals surface area contributed by atoms with E-state index in [4.69, 9.17) is 21.2 Å². The second kappa shape index (κ2) is 14.6. The molecule has 0 radical (unpaired) electrons. The SMILES string of the molecule is C#Cc1cccc(Nc2ncnc3cc(OC)c(OCCCCCCN=C(NC#N)Nc4cccnc4)cc23)c1. The number of guanidine groups is 1. The number of unbranched alkanes of at least 4 members (excludes halogenated alkanes) is 3. The van der Waals surface area contributed by atoms with E-state index in [2.05, 4.69) is 41.8 Å². The Morgan fingerprint density at radius 1 is 1.02 bits per heavy atom. The first kappa shape index (κ1) is 27.7. The van der Waals surface area contributed by atoms with Gasteiger partial charge in [0.1, 0.15) is 12.1 Å². The van der Waals surface area contributed by atoms with Crippen molar-refractivity contribution in [2.24, 2.45) is 4.99 Å². The lowest BCUT2D eigenvalue weighted by molar-refractivity contribution is 0.285. The molecule has 202 valence electrons. The number of hydrogen-bond acceptors (Lipinski definition) is 8. The Kier molecular flexibility index (Phi) is 10.1. The van der Waals surface area contributed by atoms with Crippen LogP contribution in [0.4, 0.5) is 17.2 Å². The fraction of sp³-hybridized carbons (Fsp3) is 0.233. The first-order valence-corrected chi connectivity index (χ1v) is 12.9. The van der Waals surface area contributed by atoms with Gasteiger partial charge in [-0.1, -0.05) is 18.4 Å². The van der Waals surface area contributed by atoms with Gasteiger partial charge in [0.15, 0.2) is 17.7 Å². The van der Waals surface area contributed by atoms with Crippen LogP contribution in [0.5, 0.6) is 11.5 Å². The Bertz CT molecular complexity index is 1530. The number of hydrogen-bond donors (Lipinski definition) is 3. The summed E-state index contributed by atoms with van der Waals surface area (Å²) in [4.78, 5) is 17.3. The minimum atomic E-state index is 0.406. The Morgan fingerprint density at radius 3 is 2.70 bits per heavy atom. The minimum absolute atomic E-state index is 0.406. The molecule has 10 nitrogen and oxygen atoms in total. The van der Waals surface area contributed by atoms with Crippen molar-refractivity contribution in [1.29, 1.82) is 5.26 Å². The molecule has 0 saturated carbocycles. The molecule has 0 aliphatic carbocycles. The topological polar surface area (TPSA) is 129 Å². The van der Waals surface area contributed by atoms with Crippen molar-refractivity contribution in [1.82, 2.24) is 20.3 Å². The molecule has 10 heteroatoms. The molecule has 0 spiro atoms. The molecule has 2 heterocycles. The Morgan fingerprint density at radius 2 is 1.90 bits per heavy atom. The molecule has 0 fully saturated rings. The Labute approximate surface area is 233 Å². The molecular formula is C30H30N8O2. The molecule has 4 aromatic rings. The third-order valence-corrected chi connectivity index (χ3v) is 5.89. The van der Waals surface area contributed by atoms with Gasteiger partial charge in [-0.2, -0.15) is 5.26 Å². The van der Waals surface area contributed by atoms with Crippen molar-refractivity contribution in [2.75, 3.05) is 30.9 Å². The highest BCUT2D eigenvalue weighted by Crippen LogP contribution is 2.35. The van der Waals surface area contributed by atoms with Crippen LogP contribution >= 0.6 is 0 Å². The normalized spacial score (nSPS) is 10.8. The van der Waals surface area contributed by atoms with E-state index < -0.39 is 0 Å². The van der Waals surface area contributed by atoms with Gasteiger partial charge in [0.25, 0.3) is 0 Å². The summed E-state index contributed by atoms with van der Waals surface area (Å²) in [5.74, 6) is 4.94. The monoisotopic (exact) mass is 534 g/mol. The molecule has 0 amide bonds. The van der Waals surface area contributed by atoms with E-state index in [0.29, 0.717) is 36.4 Å². The summed E-state index contributed by atoms with van der Waals surface area (Å²) in [5.41, 5.74) is 3.11. The summed E-state index contributed by atoms with van der Waals surface area (Å²) < 4.78 is 11.7. The number of aromatic nitrogens is 3. The van der Waals surface area contributed by atoms with Gasteiger partial charge in [0.05, 0.1) is 31.1 Å². The maximum absolute atomic E-state index is 8.97. The van der Waals surface area contributed by atoms with Crippen LogP contribution in [0.2, 0.25) is 0 Å². The molecule has 0 unspecified atom stereocenters. The Balaban J connectivity index is 1.29. The van der Waals surface area contributed by atoms with Crippen LogP contribution < -0.4 is 25.4 Å². The number of nitrogens with zero attached hydrogens (tertiary/aromatic N) is 5. The predicted octanol–water partition coefficient (Wildman–Crippen LogP) is 5.24. The van der Waals surface area contributed by atoms with E-state index in [9.17, 15) is 0 Å². The fourth-order valence-corrected chi connectivity index (χ4v) is 3.94. The number of methoxy groups -OCH3 is 1. The van der Waals surface area contributed by atoms with Gasteiger partial charge in [-0.3, -0.25) is 15.3 Å². The lowest BCUT2D eigenvalue weighted by Crippen LogP contribution is -2.27.